The normalized spacial score (nSPS) is 11.8. The maximum Gasteiger partial charge on any atom is 0.431 e. The Balaban J connectivity index is 2.28. The molecule has 0 unspecified atom stereocenters. The van der Waals surface area contributed by atoms with Gasteiger partial charge in [0.2, 0.25) is 0 Å². The monoisotopic (exact) mass is 325 g/mol. The summed E-state index contributed by atoms with van der Waals surface area (Å²) in [7, 11) is 1.68. The number of nitrogens with zero attached hydrogens (tertiary/aromatic N) is 1. The Morgan fingerprint density at radius 3 is 2.57 bits per heavy atom. The predicted molar refractivity (Wildman–Crippen MR) is 77.0 cm³/mol. The van der Waals surface area contributed by atoms with Gasteiger partial charge in [-0.3, -0.25) is 4.79 Å². The molecule has 0 spiro atoms. The molecule has 3 aromatic rings. The van der Waals surface area contributed by atoms with Crippen LogP contribution in [0, 0.1) is 0 Å². The molecule has 120 valence electrons. The number of furan rings is 1. The summed E-state index contributed by atoms with van der Waals surface area (Å²) in [5.41, 5.74) is -2.53. The van der Waals surface area contributed by atoms with E-state index >= 15 is 0 Å². The maximum atomic E-state index is 12.6. The standard InChI is InChI=1S/C14H10F3N3O3/c1-18-7-2-3-10-8(4-7)9(6-23-10)20-12(21)5-11(14(15,16)17)19-13(20)22/h2-6,18H,1H3,(H,19,22). The Morgan fingerprint density at radius 2 is 1.96 bits per heavy atom. The highest BCUT2D eigenvalue weighted by Gasteiger charge is 2.33. The zero-order valence-electron chi connectivity index (χ0n) is 11.7. The van der Waals surface area contributed by atoms with Gasteiger partial charge >= 0.3 is 11.9 Å². The van der Waals surface area contributed by atoms with Crippen LogP contribution in [0.1, 0.15) is 5.69 Å². The lowest BCUT2D eigenvalue weighted by molar-refractivity contribution is -0.141. The molecule has 2 aromatic heterocycles. The maximum absolute atomic E-state index is 12.6. The van der Waals surface area contributed by atoms with E-state index in [0.717, 1.165) is 6.26 Å². The van der Waals surface area contributed by atoms with E-state index in [9.17, 15) is 22.8 Å². The van der Waals surface area contributed by atoms with E-state index in [1.54, 1.807) is 30.2 Å². The number of benzene rings is 1. The molecule has 0 saturated carbocycles. The number of hydrogen-bond donors (Lipinski definition) is 2. The Kier molecular flexibility index (Phi) is 3.28. The lowest BCUT2D eigenvalue weighted by atomic mass is 10.2. The van der Waals surface area contributed by atoms with Crippen molar-refractivity contribution < 1.29 is 17.6 Å². The molecule has 9 heteroatoms. The molecule has 23 heavy (non-hydrogen) atoms. The molecule has 1 aromatic carbocycles. The van der Waals surface area contributed by atoms with E-state index in [0.29, 0.717) is 27.3 Å². The van der Waals surface area contributed by atoms with Crippen LogP contribution in [0.4, 0.5) is 18.9 Å². The fourth-order valence-electron chi connectivity index (χ4n) is 2.22. The number of anilines is 1. The van der Waals surface area contributed by atoms with Gasteiger partial charge in [-0.05, 0) is 18.2 Å². The van der Waals surface area contributed by atoms with Gasteiger partial charge in [-0.2, -0.15) is 13.2 Å². The van der Waals surface area contributed by atoms with Gasteiger partial charge in [0, 0.05) is 24.2 Å². The van der Waals surface area contributed by atoms with Crippen LogP contribution in [0.3, 0.4) is 0 Å². The van der Waals surface area contributed by atoms with Crippen LogP contribution in [0.25, 0.3) is 16.7 Å². The van der Waals surface area contributed by atoms with E-state index in [1.807, 2.05) is 0 Å². The lowest BCUT2D eigenvalue weighted by Crippen LogP contribution is -2.35. The highest BCUT2D eigenvalue weighted by molar-refractivity contribution is 5.89. The van der Waals surface area contributed by atoms with Crippen molar-refractivity contribution >= 4 is 16.7 Å². The summed E-state index contributed by atoms with van der Waals surface area (Å²) < 4.78 is 43.7. The fourth-order valence-corrected chi connectivity index (χ4v) is 2.22. The van der Waals surface area contributed by atoms with Crippen molar-refractivity contribution in [2.24, 2.45) is 0 Å². The van der Waals surface area contributed by atoms with Gasteiger partial charge in [-0.1, -0.05) is 0 Å². The summed E-state index contributed by atoms with van der Waals surface area (Å²) in [6.07, 6.45) is -3.66. The Morgan fingerprint density at radius 1 is 1.22 bits per heavy atom. The molecule has 3 rings (SSSR count). The van der Waals surface area contributed by atoms with Crippen molar-refractivity contribution in [3.8, 4) is 5.69 Å². The van der Waals surface area contributed by atoms with E-state index in [4.69, 9.17) is 4.42 Å². The summed E-state index contributed by atoms with van der Waals surface area (Å²) in [6.45, 7) is 0. The van der Waals surface area contributed by atoms with Gasteiger partial charge in [-0.15, -0.1) is 0 Å². The number of hydrogen-bond acceptors (Lipinski definition) is 4. The van der Waals surface area contributed by atoms with Crippen molar-refractivity contribution in [2.75, 3.05) is 12.4 Å². The summed E-state index contributed by atoms with van der Waals surface area (Å²) in [4.78, 5) is 25.6. The molecule has 0 aliphatic carbocycles. The van der Waals surface area contributed by atoms with Gasteiger partial charge < -0.3 is 14.7 Å². The van der Waals surface area contributed by atoms with Gasteiger partial charge in [0.1, 0.15) is 23.2 Å². The Hall–Kier alpha value is -2.97. The highest BCUT2D eigenvalue weighted by Crippen LogP contribution is 2.27. The van der Waals surface area contributed by atoms with Gasteiger partial charge in [0.05, 0.1) is 0 Å². The molecule has 0 saturated heterocycles. The average Bonchev–Trinajstić information content (AvgIpc) is 2.88. The third kappa shape index (κ3) is 2.50. The molecular formula is C14H10F3N3O3. The molecule has 0 fully saturated rings. The number of H-pyrrole nitrogens is 1. The molecule has 0 amide bonds. The first-order valence-electron chi connectivity index (χ1n) is 6.44. The highest BCUT2D eigenvalue weighted by atomic mass is 19.4. The lowest BCUT2D eigenvalue weighted by Gasteiger charge is -2.08. The minimum Gasteiger partial charge on any atom is -0.462 e. The Bertz CT molecular complexity index is 967. The van der Waals surface area contributed by atoms with Crippen LogP contribution >= 0.6 is 0 Å². The smallest absolute Gasteiger partial charge is 0.431 e. The number of halogens is 3. The molecule has 0 atom stereocenters. The van der Waals surface area contributed by atoms with Crippen LogP contribution in [-0.4, -0.2) is 16.6 Å². The largest absolute Gasteiger partial charge is 0.462 e. The number of aromatic nitrogens is 2. The molecule has 0 radical (unpaired) electrons. The number of alkyl halides is 3. The van der Waals surface area contributed by atoms with Crippen LogP contribution in [0.2, 0.25) is 0 Å². The minimum atomic E-state index is -4.81. The number of aromatic amines is 1. The quantitative estimate of drug-likeness (QED) is 0.758. The first kappa shape index (κ1) is 14.9. The van der Waals surface area contributed by atoms with E-state index in [-0.39, 0.29) is 5.69 Å². The van der Waals surface area contributed by atoms with Gasteiger partial charge in [0.15, 0.2) is 0 Å². The van der Waals surface area contributed by atoms with E-state index < -0.39 is 23.1 Å². The molecule has 2 N–H and O–H groups in total. The molecule has 2 heterocycles. The third-order valence-corrected chi connectivity index (χ3v) is 3.32. The Labute approximate surface area is 126 Å². The third-order valence-electron chi connectivity index (χ3n) is 3.32. The van der Waals surface area contributed by atoms with Gasteiger partial charge in [-0.25, -0.2) is 9.36 Å². The summed E-state index contributed by atoms with van der Waals surface area (Å²) in [5.74, 6) is 0. The van der Waals surface area contributed by atoms with Crippen LogP contribution in [0.15, 0.2) is 44.5 Å². The molecule has 6 nitrogen and oxygen atoms in total. The zero-order valence-corrected chi connectivity index (χ0v) is 11.7. The minimum absolute atomic E-state index is 0.0667. The first-order valence-corrected chi connectivity index (χ1v) is 6.44. The van der Waals surface area contributed by atoms with Crippen molar-refractivity contribution in [2.45, 2.75) is 6.18 Å². The number of nitrogens with one attached hydrogen (secondary N) is 2. The first-order chi connectivity index (χ1) is 10.8. The second kappa shape index (κ2) is 5.04. The second-order valence-electron chi connectivity index (χ2n) is 4.74. The van der Waals surface area contributed by atoms with E-state index in [2.05, 4.69) is 5.32 Å². The topological polar surface area (TPSA) is 80.0 Å². The number of fused-ring (bicyclic) bond motifs is 1. The van der Waals surface area contributed by atoms with Crippen molar-refractivity contribution in [3.05, 3.63) is 57.1 Å². The molecule has 0 bridgehead atoms. The van der Waals surface area contributed by atoms with Crippen molar-refractivity contribution in [3.63, 3.8) is 0 Å². The number of rotatable bonds is 2. The van der Waals surface area contributed by atoms with Gasteiger partial charge in [0.25, 0.3) is 5.56 Å². The summed E-state index contributed by atoms with van der Waals surface area (Å²) in [5, 5.41) is 3.30. The van der Waals surface area contributed by atoms with Crippen molar-refractivity contribution in [1.82, 2.24) is 9.55 Å². The molecular weight excluding hydrogens is 315 g/mol. The zero-order chi connectivity index (χ0) is 16.8. The average molecular weight is 325 g/mol. The van der Waals surface area contributed by atoms with Crippen LogP contribution in [0.5, 0.6) is 0 Å². The SMILES string of the molecule is CNc1ccc2occ(-n3c(=O)cc(C(F)(F)F)[nH]c3=O)c2c1. The van der Waals surface area contributed by atoms with Crippen LogP contribution in [-0.2, 0) is 6.18 Å². The van der Waals surface area contributed by atoms with Crippen LogP contribution < -0.4 is 16.6 Å². The molecule has 0 aliphatic heterocycles. The fraction of sp³-hybridized carbons (Fsp3) is 0.143. The van der Waals surface area contributed by atoms with E-state index in [1.165, 1.54) is 0 Å². The molecule has 0 aliphatic rings. The predicted octanol–water partition coefficient (Wildman–Crippen LogP) is 2.33. The summed E-state index contributed by atoms with van der Waals surface area (Å²) >= 11 is 0. The summed E-state index contributed by atoms with van der Waals surface area (Å²) in [6, 6.07) is 5.29. The van der Waals surface area contributed by atoms with Crippen molar-refractivity contribution in [1.29, 1.82) is 0 Å². The second-order valence-corrected chi connectivity index (χ2v) is 4.74.